The molecule has 0 radical (unpaired) electrons. The Bertz CT molecular complexity index is 654. The van der Waals surface area contributed by atoms with Crippen LogP contribution < -0.4 is 5.32 Å². The van der Waals surface area contributed by atoms with Crippen LogP contribution in [0.25, 0.3) is 0 Å². The molecule has 1 heterocycles. The van der Waals surface area contributed by atoms with Crippen molar-refractivity contribution in [3.63, 3.8) is 0 Å². The highest BCUT2D eigenvalue weighted by atomic mass is 16.2. The van der Waals surface area contributed by atoms with Gasteiger partial charge in [-0.1, -0.05) is 26.2 Å². The first-order valence-corrected chi connectivity index (χ1v) is 10.9. The van der Waals surface area contributed by atoms with Crippen molar-refractivity contribution >= 4 is 23.8 Å². The second-order valence-electron chi connectivity index (χ2n) is 9.37. The van der Waals surface area contributed by atoms with Gasteiger partial charge in [-0.3, -0.25) is 14.4 Å². The molecular weight excluding hydrogens is 358 g/mol. The number of carbonyl (C=O) groups is 4. The van der Waals surface area contributed by atoms with E-state index in [0.717, 1.165) is 49.8 Å². The third kappa shape index (κ3) is 3.33. The van der Waals surface area contributed by atoms with Gasteiger partial charge in [0.2, 0.25) is 5.91 Å². The molecule has 0 spiro atoms. The van der Waals surface area contributed by atoms with Gasteiger partial charge < -0.3 is 5.32 Å². The molecule has 4 saturated carbocycles. The van der Waals surface area contributed by atoms with Crippen molar-refractivity contribution in [2.45, 2.75) is 76.7 Å². The van der Waals surface area contributed by atoms with Crippen molar-refractivity contribution in [1.29, 1.82) is 0 Å². The molecule has 0 unspecified atom stereocenters. The van der Waals surface area contributed by atoms with Crippen molar-refractivity contribution in [3.8, 4) is 0 Å². The monoisotopic (exact) mass is 389 g/mol. The number of nitrogens with zero attached hydrogens (tertiary/aromatic N) is 2. The van der Waals surface area contributed by atoms with Crippen LogP contribution in [0, 0.1) is 17.8 Å². The minimum atomic E-state index is -0.845. The van der Waals surface area contributed by atoms with E-state index in [9.17, 15) is 19.2 Å². The first-order chi connectivity index (χ1) is 13.4. The van der Waals surface area contributed by atoms with Gasteiger partial charge in [0.05, 0.1) is 5.54 Å². The molecule has 28 heavy (non-hydrogen) atoms. The maximum Gasteiger partial charge on any atom is 0.335 e. The van der Waals surface area contributed by atoms with Gasteiger partial charge in [0.1, 0.15) is 6.54 Å². The fraction of sp³-hybridized carbons (Fsp3) is 0.810. The number of amides is 5. The fourth-order valence-electron chi connectivity index (χ4n) is 6.38. The molecule has 4 bridgehead atoms. The van der Waals surface area contributed by atoms with Crippen LogP contribution in [0.3, 0.4) is 0 Å². The van der Waals surface area contributed by atoms with Crippen molar-refractivity contribution < 1.29 is 19.2 Å². The van der Waals surface area contributed by atoms with Crippen LogP contribution in [0.2, 0.25) is 0 Å². The van der Waals surface area contributed by atoms with Gasteiger partial charge in [0.15, 0.2) is 0 Å². The molecule has 5 rings (SSSR count). The normalized spacial score (nSPS) is 33.9. The molecule has 5 aliphatic rings. The third-order valence-electron chi connectivity index (χ3n) is 7.19. The van der Waals surface area contributed by atoms with Crippen molar-refractivity contribution in [1.82, 2.24) is 15.1 Å². The summed E-state index contributed by atoms with van der Waals surface area (Å²) < 4.78 is 0. The second kappa shape index (κ2) is 7.48. The van der Waals surface area contributed by atoms with Crippen LogP contribution in [0.5, 0.6) is 0 Å². The van der Waals surface area contributed by atoms with E-state index in [4.69, 9.17) is 0 Å². The lowest BCUT2D eigenvalue weighted by molar-refractivity contribution is -0.150. The Hall–Kier alpha value is -1.92. The number of carbonyl (C=O) groups excluding carboxylic acids is 4. The molecule has 7 nitrogen and oxygen atoms in total. The SMILES string of the molecule is CCCCCCNC(=O)CN1C(=O)C(=O)N(C23CC4CC(CC(C4)C2)C3)C1=O. The van der Waals surface area contributed by atoms with Crippen LogP contribution in [0.4, 0.5) is 4.79 Å². The molecule has 0 atom stereocenters. The summed E-state index contributed by atoms with van der Waals surface area (Å²) in [6.07, 6.45) is 10.2. The van der Waals surface area contributed by atoms with E-state index >= 15 is 0 Å². The van der Waals surface area contributed by atoms with Gasteiger partial charge in [0.25, 0.3) is 0 Å². The van der Waals surface area contributed by atoms with Gasteiger partial charge in [0, 0.05) is 6.54 Å². The Balaban J connectivity index is 1.40. The number of hydrogen-bond donors (Lipinski definition) is 1. The van der Waals surface area contributed by atoms with E-state index in [1.807, 2.05) is 0 Å². The van der Waals surface area contributed by atoms with E-state index in [0.29, 0.717) is 24.3 Å². The number of hydrogen-bond acceptors (Lipinski definition) is 4. The summed E-state index contributed by atoms with van der Waals surface area (Å²) in [7, 11) is 0. The molecule has 0 aromatic heterocycles. The Morgan fingerprint density at radius 1 is 0.964 bits per heavy atom. The molecule has 154 valence electrons. The maximum absolute atomic E-state index is 13.0. The number of nitrogens with one attached hydrogen (secondary N) is 1. The fourth-order valence-corrected chi connectivity index (χ4v) is 6.38. The minimum Gasteiger partial charge on any atom is -0.355 e. The first kappa shape index (κ1) is 19.4. The number of rotatable bonds is 8. The van der Waals surface area contributed by atoms with Crippen LogP contribution in [-0.2, 0) is 14.4 Å². The Labute approximate surface area is 166 Å². The standard InChI is InChI=1S/C21H31N3O4/c1-2-3-4-5-6-22-17(25)13-23-18(26)19(27)24(20(23)28)21-10-14-7-15(11-21)9-16(8-14)12-21/h14-16H,2-13H2,1H3,(H,22,25). The van der Waals surface area contributed by atoms with Crippen LogP contribution in [0.1, 0.15) is 71.1 Å². The van der Waals surface area contributed by atoms with Gasteiger partial charge in [-0.15, -0.1) is 0 Å². The van der Waals surface area contributed by atoms with Crippen LogP contribution in [0.15, 0.2) is 0 Å². The lowest BCUT2D eigenvalue weighted by Crippen LogP contribution is -2.62. The Kier molecular flexibility index (Phi) is 5.19. The lowest BCUT2D eigenvalue weighted by Gasteiger charge is -2.58. The zero-order valence-corrected chi connectivity index (χ0v) is 16.7. The molecule has 1 saturated heterocycles. The van der Waals surface area contributed by atoms with Gasteiger partial charge in [-0.2, -0.15) is 0 Å². The summed E-state index contributed by atoms with van der Waals surface area (Å²) in [5.41, 5.74) is -0.496. The summed E-state index contributed by atoms with van der Waals surface area (Å²) in [6, 6.07) is -0.585. The van der Waals surface area contributed by atoms with E-state index < -0.39 is 23.4 Å². The minimum absolute atomic E-state index is 0.361. The van der Waals surface area contributed by atoms with E-state index in [1.54, 1.807) is 0 Å². The zero-order valence-electron chi connectivity index (χ0n) is 16.7. The summed E-state index contributed by atoms with van der Waals surface area (Å²) >= 11 is 0. The molecule has 1 aliphatic heterocycles. The molecule has 5 fully saturated rings. The molecule has 5 amide bonds. The second-order valence-corrected chi connectivity index (χ2v) is 9.37. The summed E-state index contributed by atoms with van der Waals surface area (Å²) in [6.45, 7) is 2.29. The Morgan fingerprint density at radius 3 is 2.14 bits per heavy atom. The van der Waals surface area contributed by atoms with Crippen LogP contribution >= 0.6 is 0 Å². The number of imide groups is 2. The highest BCUT2D eigenvalue weighted by molar-refractivity contribution is 6.45. The predicted octanol–water partition coefficient (Wildman–Crippen LogP) is 2.44. The predicted molar refractivity (Wildman–Crippen MR) is 102 cm³/mol. The zero-order chi connectivity index (χ0) is 19.9. The summed E-state index contributed by atoms with van der Waals surface area (Å²) in [5.74, 6) is -0.282. The molecule has 0 aromatic carbocycles. The first-order valence-electron chi connectivity index (χ1n) is 10.9. The van der Waals surface area contributed by atoms with E-state index in [1.165, 1.54) is 24.2 Å². The molecule has 4 aliphatic carbocycles. The highest BCUT2D eigenvalue weighted by Gasteiger charge is 2.61. The molecule has 7 heteroatoms. The average molecular weight is 389 g/mol. The molecule has 0 aromatic rings. The maximum atomic E-state index is 13.0. The molecule has 1 N–H and O–H groups in total. The average Bonchev–Trinajstić information content (AvgIpc) is 2.84. The van der Waals surface area contributed by atoms with E-state index in [-0.39, 0.29) is 12.5 Å². The van der Waals surface area contributed by atoms with Gasteiger partial charge in [-0.25, -0.2) is 14.6 Å². The van der Waals surface area contributed by atoms with Crippen LogP contribution in [-0.4, -0.2) is 52.2 Å². The van der Waals surface area contributed by atoms with Crippen molar-refractivity contribution in [2.75, 3.05) is 13.1 Å². The number of unbranched alkanes of at least 4 members (excludes halogenated alkanes) is 3. The smallest absolute Gasteiger partial charge is 0.335 e. The van der Waals surface area contributed by atoms with Crippen molar-refractivity contribution in [3.05, 3.63) is 0 Å². The number of urea groups is 1. The van der Waals surface area contributed by atoms with Gasteiger partial charge in [-0.05, 0) is 62.7 Å². The van der Waals surface area contributed by atoms with Gasteiger partial charge >= 0.3 is 17.8 Å². The third-order valence-corrected chi connectivity index (χ3v) is 7.19. The Morgan fingerprint density at radius 2 is 1.57 bits per heavy atom. The summed E-state index contributed by atoms with van der Waals surface area (Å²) in [4.78, 5) is 52.6. The highest BCUT2D eigenvalue weighted by Crippen LogP contribution is 2.58. The van der Waals surface area contributed by atoms with E-state index in [2.05, 4.69) is 12.2 Å². The largest absolute Gasteiger partial charge is 0.355 e. The van der Waals surface area contributed by atoms with Crippen molar-refractivity contribution in [2.24, 2.45) is 17.8 Å². The lowest BCUT2D eigenvalue weighted by atomic mass is 9.52. The molecular formula is C21H31N3O4. The quantitative estimate of drug-likeness (QED) is 0.392. The topological polar surface area (TPSA) is 86.8 Å². The summed E-state index contributed by atoms with van der Waals surface area (Å²) in [5, 5.41) is 2.76.